The van der Waals surface area contributed by atoms with E-state index in [1.807, 2.05) is 45.9 Å². The fourth-order valence-corrected chi connectivity index (χ4v) is 2.36. The Morgan fingerprint density at radius 2 is 1.83 bits per heavy atom. The number of esters is 1. The summed E-state index contributed by atoms with van der Waals surface area (Å²) < 4.78 is 22.4. The van der Waals surface area contributed by atoms with Gasteiger partial charge in [-0.15, -0.1) is 0 Å². The van der Waals surface area contributed by atoms with Gasteiger partial charge in [0.15, 0.2) is 0 Å². The number of rotatable bonds is 5. The molecule has 0 bridgehead atoms. The molecule has 0 spiro atoms. The quantitative estimate of drug-likeness (QED) is 0.471. The number of carbonyl (C=O) groups excluding carboxylic acids is 1. The first-order chi connectivity index (χ1) is 11.2. The third-order valence-electron chi connectivity index (χ3n) is 4.49. The maximum absolute atomic E-state index is 11.6. The van der Waals surface area contributed by atoms with E-state index in [1.165, 1.54) is 6.08 Å². The van der Waals surface area contributed by atoms with E-state index in [0.717, 1.165) is 11.0 Å². The van der Waals surface area contributed by atoms with Gasteiger partial charge in [0.05, 0.1) is 24.9 Å². The molecule has 1 heterocycles. The van der Waals surface area contributed by atoms with Crippen molar-refractivity contribution in [1.29, 1.82) is 0 Å². The molecule has 0 saturated carbocycles. The van der Waals surface area contributed by atoms with Gasteiger partial charge in [0.1, 0.15) is 5.75 Å². The first kappa shape index (κ1) is 18.6. The molecule has 24 heavy (non-hydrogen) atoms. The lowest BCUT2D eigenvalue weighted by atomic mass is 9.75. The normalized spacial score (nSPS) is 18.8. The third-order valence-corrected chi connectivity index (χ3v) is 4.49. The van der Waals surface area contributed by atoms with Crippen molar-refractivity contribution >= 4 is 24.6 Å². The van der Waals surface area contributed by atoms with Crippen molar-refractivity contribution in [3.63, 3.8) is 0 Å². The Kier molecular flexibility index (Phi) is 5.40. The summed E-state index contributed by atoms with van der Waals surface area (Å²) >= 11 is 0. The van der Waals surface area contributed by atoms with Crippen LogP contribution in [-0.4, -0.2) is 38.0 Å². The average Bonchev–Trinajstić information content (AvgIpc) is 2.73. The highest BCUT2D eigenvalue weighted by atomic mass is 16.7. The van der Waals surface area contributed by atoms with Crippen LogP contribution in [0.25, 0.3) is 6.08 Å². The smallest absolute Gasteiger partial charge is 0.495 e. The van der Waals surface area contributed by atoms with Crippen molar-refractivity contribution in [3.05, 3.63) is 29.8 Å². The molecule has 1 fully saturated rings. The molecule has 1 aliphatic heterocycles. The number of benzene rings is 1. The second-order valence-electron chi connectivity index (χ2n) is 6.67. The number of hydrogen-bond acceptors (Lipinski definition) is 5. The molecule has 1 aliphatic rings. The van der Waals surface area contributed by atoms with Crippen molar-refractivity contribution in [3.8, 4) is 5.75 Å². The zero-order chi connectivity index (χ0) is 18.0. The lowest BCUT2D eigenvalue weighted by Gasteiger charge is -2.32. The fourth-order valence-electron chi connectivity index (χ4n) is 2.36. The predicted molar refractivity (Wildman–Crippen MR) is 94.4 cm³/mol. The number of ether oxygens (including phenoxy) is 2. The van der Waals surface area contributed by atoms with Crippen LogP contribution in [0.3, 0.4) is 0 Å². The molecule has 0 amide bonds. The molecule has 2 rings (SSSR count). The van der Waals surface area contributed by atoms with Gasteiger partial charge in [-0.1, -0.05) is 6.07 Å². The Morgan fingerprint density at radius 1 is 1.21 bits per heavy atom. The van der Waals surface area contributed by atoms with Gasteiger partial charge in [-0.25, -0.2) is 4.79 Å². The van der Waals surface area contributed by atoms with Crippen LogP contribution in [0.15, 0.2) is 24.3 Å². The Bertz CT molecular complexity index is 620. The molecule has 0 atom stereocenters. The number of carbonyl (C=O) groups is 1. The van der Waals surface area contributed by atoms with E-state index in [4.69, 9.17) is 18.8 Å². The van der Waals surface area contributed by atoms with Crippen LogP contribution in [0, 0.1) is 0 Å². The van der Waals surface area contributed by atoms with Gasteiger partial charge in [0, 0.05) is 6.08 Å². The molecule has 1 aromatic rings. The highest BCUT2D eigenvalue weighted by Gasteiger charge is 2.52. The Labute approximate surface area is 144 Å². The van der Waals surface area contributed by atoms with Gasteiger partial charge in [-0.2, -0.15) is 0 Å². The van der Waals surface area contributed by atoms with Gasteiger partial charge in [0.25, 0.3) is 0 Å². The van der Waals surface area contributed by atoms with Crippen molar-refractivity contribution in [2.24, 2.45) is 0 Å². The van der Waals surface area contributed by atoms with E-state index in [2.05, 4.69) is 0 Å². The zero-order valence-electron chi connectivity index (χ0n) is 15.2. The molecule has 0 radical (unpaired) electrons. The zero-order valence-corrected chi connectivity index (χ0v) is 15.2. The summed E-state index contributed by atoms with van der Waals surface area (Å²) in [5.41, 5.74) is 0.773. The van der Waals surface area contributed by atoms with Crippen LogP contribution < -0.4 is 10.2 Å². The van der Waals surface area contributed by atoms with Crippen molar-refractivity contribution in [2.75, 3.05) is 13.7 Å². The molecular weight excluding hydrogens is 307 g/mol. The number of hydrogen-bond donors (Lipinski definition) is 0. The highest BCUT2D eigenvalue weighted by Crippen LogP contribution is 2.36. The Morgan fingerprint density at radius 3 is 2.38 bits per heavy atom. The summed E-state index contributed by atoms with van der Waals surface area (Å²) in [5.74, 6) is 0.305. The van der Waals surface area contributed by atoms with E-state index >= 15 is 0 Å². The molecule has 5 nitrogen and oxygen atoms in total. The van der Waals surface area contributed by atoms with Gasteiger partial charge in [-0.3, -0.25) is 0 Å². The highest BCUT2D eigenvalue weighted by molar-refractivity contribution is 6.63. The molecule has 0 aromatic heterocycles. The minimum Gasteiger partial charge on any atom is -0.497 e. The van der Waals surface area contributed by atoms with Gasteiger partial charge >= 0.3 is 13.1 Å². The van der Waals surface area contributed by atoms with Crippen molar-refractivity contribution in [1.82, 2.24) is 0 Å². The van der Waals surface area contributed by atoms with E-state index in [0.29, 0.717) is 12.4 Å². The SMILES string of the molecule is CCOC(=O)/C=C/c1cc(OC)ccc1B1OC(C)(C)C(C)(C)O1. The van der Waals surface area contributed by atoms with E-state index in [9.17, 15) is 4.79 Å². The predicted octanol–water partition coefficient (Wildman–Crippen LogP) is 2.57. The fraction of sp³-hybridized carbons (Fsp3) is 0.500. The summed E-state index contributed by atoms with van der Waals surface area (Å²) in [6.07, 6.45) is 3.09. The molecular formula is C18H25BO5. The van der Waals surface area contributed by atoms with Gasteiger partial charge < -0.3 is 18.8 Å². The van der Waals surface area contributed by atoms with Crippen LogP contribution in [0.5, 0.6) is 5.75 Å². The molecule has 130 valence electrons. The Hall–Kier alpha value is -1.79. The minimum absolute atomic E-state index is 0.339. The van der Waals surface area contributed by atoms with Gasteiger partial charge in [0.2, 0.25) is 0 Å². The first-order valence-electron chi connectivity index (χ1n) is 8.08. The lowest BCUT2D eigenvalue weighted by Crippen LogP contribution is -2.41. The molecule has 0 N–H and O–H groups in total. The van der Waals surface area contributed by atoms with E-state index < -0.39 is 18.3 Å². The Balaban J connectivity index is 2.35. The van der Waals surface area contributed by atoms with Gasteiger partial charge in [-0.05, 0) is 63.9 Å². The third kappa shape index (κ3) is 3.82. The van der Waals surface area contributed by atoms with E-state index in [-0.39, 0.29) is 5.97 Å². The van der Waals surface area contributed by atoms with Crippen LogP contribution >= 0.6 is 0 Å². The summed E-state index contributed by atoms with van der Waals surface area (Å²) in [5, 5.41) is 0. The van der Waals surface area contributed by atoms with E-state index in [1.54, 1.807) is 20.1 Å². The molecule has 0 unspecified atom stereocenters. The summed E-state index contributed by atoms with van der Waals surface area (Å²) in [6.45, 7) is 10.1. The van der Waals surface area contributed by atoms with Crippen LogP contribution in [0.4, 0.5) is 0 Å². The monoisotopic (exact) mass is 332 g/mol. The van der Waals surface area contributed by atoms with Crippen LogP contribution in [0.2, 0.25) is 0 Å². The lowest BCUT2D eigenvalue weighted by molar-refractivity contribution is -0.137. The topological polar surface area (TPSA) is 54.0 Å². The summed E-state index contributed by atoms with van der Waals surface area (Å²) in [4.78, 5) is 11.6. The number of methoxy groups -OCH3 is 1. The molecule has 0 aliphatic carbocycles. The second kappa shape index (κ2) is 6.99. The van der Waals surface area contributed by atoms with Crippen LogP contribution in [0.1, 0.15) is 40.2 Å². The summed E-state index contributed by atoms with van der Waals surface area (Å²) in [7, 11) is 1.09. The largest absolute Gasteiger partial charge is 0.497 e. The maximum atomic E-state index is 11.6. The standard InChI is InChI=1S/C18H25BO5/c1-7-22-16(20)11-8-13-12-14(21-6)9-10-15(13)19-23-17(2,3)18(4,5)24-19/h8-12H,7H2,1-6H3/b11-8+. The first-order valence-corrected chi connectivity index (χ1v) is 8.08. The maximum Gasteiger partial charge on any atom is 0.495 e. The van der Waals surface area contributed by atoms with Crippen LogP contribution in [-0.2, 0) is 18.8 Å². The minimum atomic E-state index is -0.511. The molecule has 1 saturated heterocycles. The average molecular weight is 332 g/mol. The van der Waals surface area contributed by atoms with Crippen molar-refractivity contribution < 1.29 is 23.6 Å². The second-order valence-corrected chi connectivity index (χ2v) is 6.67. The summed E-state index contributed by atoms with van der Waals surface area (Å²) in [6, 6.07) is 5.59. The molecule has 6 heteroatoms. The van der Waals surface area contributed by atoms with Crippen molar-refractivity contribution in [2.45, 2.75) is 45.8 Å². The molecule has 1 aromatic carbocycles.